The van der Waals surface area contributed by atoms with E-state index in [0.717, 1.165) is 16.7 Å². The first-order valence-electron chi connectivity index (χ1n) is 6.05. The minimum absolute atomic E-state index is 0.0579. The third-order valence-electron chi connectivity index (χ3n) is 2.55. The standard InChI is InChI=1S/C13H16N2O3S2/c1-17-10-4-3-9(7-11(10)18-2)15-12(16)8-20-13-14-5-6-19-13/h3-4,7H,5-6,8H2,1-2H3,(H,15,16). The van der Waals surface area contributed by atoms with Crippen LogP contribution in [-0.4, -0.2) is 42.6 Å². The molecule has 0 spiro atoms. The second kappa shape index (κ2) is 7.44. The molecule has 0 aromatic heterocycles. The average Bonchev–Trinajstić information content (AvgIpc) is 2.98. The first-order chi connectivity index (χ1) is 9.72. The summed E-state index contributed by atoms with van der Waals surface area (Å²) in [6.07, 6.45) is 0. The van der Waals surface area contributed by atoms with Crippen LogP contribution in [0.15, 0.2) is 23.2 Å². The second-order valence-electron chi connectivity index (χ2n) is 3.90. The van der Waals surface area contributed by atoms with Crippen LogP contribution in [0.4, 0.5) is 5.69 Å². The molecule has 0 saturated heterocycles. The number of nitrogens with zero attached hydrogens (tertiary/aromatic N) is 1. The Morgan fingerprint density at radius 2 is 2.20 bits per heavy atom. The summed E-state index contributed by atoms with van der Waals surface area (Å²) in [6.45, 7) is 0.851. The van der Waals surface area contributed by atoms with E-state index < -0.39 is 0 Å². The molecule has 1 heterocycles. The number of methoxy groups -OCH3 is 2. The second-order valence-corrected chi connectivity index (χ2v) is 6.21. The highest BCUT2D eigenvalue weighted by Gasteiger charge is 2.11. The number of thioether (sulfide) groups is 2. The van der Waals surface area contributed by atoms with Crippen molar-refractivity contribution in [3.05, 3.63) is 18.2 Å². The maximum Gasteiger partial charge on any atom is 0.234 e. The van der Waals surface area contributed by atoms with Gasteiger partial charge in [0.25, 0.3) is 0 Å². The number of hydrogen-bond donors (Lipinski definition) is 1. The smallest absolute Gasteiger partial charge is 0.234 e. The zero-order valence-electron chi connectivity index (χ0n) is 11.3. The SMILES string of the molecule is COc1ccc(NC(=O)CSC2=NCCS2)cc1OC. The van der Waals surface area contributed by atoms with E-state index in [-0.39, 0.29) is 5.91 Å². The number of aliphatic imine (C=N–C) groups is 1. The number of anilines is 1. The van der Waals surface area contributed by atoms with Crippen molar-refractivity contribution in [3.63, 3.8) is 0 Å². The molecule has 1 amide bonds. The summed E-state index contributed by atoms with van der Waals surface area (Å²) < 4.78 is 11.3. The molecule has 0 saturated carbocycles. The number of amides is 1. The number of nitrogens with one attached hydrogen (secondary N) is 1. The lowest BCUT2D eigenvalue weighted by molar-refractivity contribution is -0.113. The molecule has 0 atom stereocenters. The molecule has 1 aromatic carbocycles. The average molecular weight is 312 g/mol. The zero-order chi connectivity index (χ0) is 14.4. The van der Waals surface area contributed by atoms with E-state index in [2.05, 4.69) is 10.3 Å². The number of ether oxygens (including phenoxy) is 2. The predicted molar refractivity (Wildman–Crippen MR) is 85.4 cm³/mol. The maximum absolute atomic E-state index is 11.9. The predicted octanol–water partition coefficient (Wildman–Crippen LogP) is 2.48. The topological polar surface area (TPSA) is 59.9 Å². The molecule has 108 valence electrons. The molecule has 1 N–H and O–H groups in total. The van der Waals surface area contributed by atoms with Gasteiger partial charge in [-0.25, -0.2) is 0 Å². The summed E-state index contributed by atoms with van der Waals surface area (Å²) in [5, 5.41) is 2.83. The Hall–Kier alpha value is -1.34. The van der Waals surface area contributed by atoms with Crippen LogP contribution >= 0.6 is 23.5 Å². The highest BCUT2D eigenvalue weighted by Crippen LogP contribution is 2.30. The van der Waals surface area contributed by atoms with Crippen LogP contribution in [0, 0.1) is 0 Å². The molecule has 0 bridgehead atoms. The largest absolute Gasteiger partial charge is 0.493 e. The van der Waals surface area contributed by atoms with Crippen LogP contribution < -0.4 is 14.8 Å². The molecule has 0 aliphatic carbocycles. The van der Waals surface area contributed by atoms with E-state index in [1.54, 1.807) is 44.2 Å². The monoisotopic (exact) mass is 312 g/mol. The lowest BCUT2D eigenvalue weighted by atomic mass is 10.2. The summed E-state index contributed by atoms with van der Waals surface area (Å²) in [5.41, 5.74) is 0.689. The highest BCUT2D eigenvalue weighted by atomic mass is 32.2. The third kappa shape index (κ3) is 4.08. The number of hydrogen-bond acceptors (Lipinski definition) is 6. The number of benzene rings is 1. The zero-order valence-corrected chi connectivity index (χ0v) is 13.0. The Labute approximate surface area is 126 Å². The molecule has 7 heteroatoms. The Bertz CT molecular complexity index is 520. The minimum atomic E-state index is -0.0579. The van der Waals surface area contributed by atoms with Gasteiger partial charge in [-0.15, -0.1) is 0 Å². The van der Waals surface area contributed by atoms with Gasteiger partial charge < -0.3 is 14.8 Å². The Balaban J connectivity index is 1.90. The molecular formula is C13H16N2O3S2. The van der Waals surface area contributed by atoms with Crippen LogP contribution in [0.25, 0.3) is 0 Å². The van der Waals surface area contributed by atoms with Gasteiger partial charge in [-0.2, -0.15) is 0 Å². The van der Waals surface area contributed by atoms with Crippen LogP contribution in [0.3, 0.4) is 0 Å². The van der Waals surface area contributed by atoms with Crippen molar-refractivity contribution in [3.8, 4) is 11.5 Å². The van der Waals surface area contributed by atoms with Crippen LogP contribution in [0.2, 0.25) is 0 Å². The lowest BCUT2D eigenvalue weighted by Gasteiger charge is -2.10. The van der Waals surface area contributed by atoms with E-state index in [4.69, 9.17) is 9.47 Å². The van der Waals surface area contributed by atoms with Gasteiger partial charge in [-0.1, -0.05) is 23.5 Å². The van der Waals surface area contributed by atoms with Crippen molar-refractivity contribution in [1.29, 1.82) is 0 Å². The van der Waals surface area contributed by atoms with E-state index in [0.29, 0.717) is 22.9 Å². The Morgan fingerprint density at radius 3 is 2.85 bits per heavy atom. The molecular weight excluding hydrogens is 296 g/mol. The van der Waals surface area contributed by atoms with Crippen LogP contribution in [-0.2, 0) is 4.79 Å². The summed E-state index contributed by atoms with van der Waals surface area (Å²) in [4.78, 5) is 16.1. The van der Waals surface area contributed by atoms with E-state index in [1.807, 2.05) is 0 Å². The molecule has 0 radical (unpaired) electrons. The van der Waals surface area contributed by atoms with Crippen LogP contribution in [0.5, 0.6) is 11.5 Å². The quantitative estimate of drug-likeness (QED) is 0.905. The molecule has 2 rings (SSSR count). The normalized spacial score (nSPS) is 13.8. The minimum Gasteiger partial charge on any atom is -0.493 e. The van der Waals surface area contributed by atoms with Crippen molar-refractivity contribution in [1.82, 2.24) is 0 Å². The summed E-state index contributed by atoms with van der Waals surface area (Å²) in [7, 11) is 3.14. The van der Waals surface area contributed by atoms with E-state index >= 15 is 0 Å². The Kier molecular flexibility index (Phi) is 5.60. The molecule has 0 fully saturated rings. The molecule has 1 aliphatic heterocycles. The van der Waals surface area contributed by atoms with Crippen molar-refractivity contribution in [2.24, 2.45) is 4.99 Å². The van der Waals surface area contributed by atoms with Crippen LogP contribution in [0.1, 0.15) is 0 Å². The maximum atomic E-state index is 11.9. The first kappa shape index (κ1) is 15.1. The van der Waals surface area contributed by atoms with Gasteiger partial charge in [0.05, 0.1) is 26.5 Å². The fourth-order valence-corrected chi connectivity index (χ4v) is 3.45. The Morgan fingerprint density at radius 1 is 1.40 bits per heavy atom. The number of carbonyl (C=O) groups excluding carboxylic acids is 1. The van der Waals surface area contributed by atoms with E-state index in [1.165, 1.54) is 11.8 Å². The van der Waals surface area contributed by atoms with Gasteiger partial charge in [0.15, 0.2) is 11.5 Å². The molecule has 1 aliphatic rings. The molecule has 5 nitrogen and oxygen atoms in total. The fourth-order valence-electron chi connectivity index (χ4n) is 1.64. The summed E-state index contributed by atoms with van der Waals surface area (Å²) in [5.74, 6) is 2.54. The first-order valence-corrected chi connectivity index (χ1v) is 8.02. The van der Waals surface area contributed by atoms with Gasteiger partial charge in [0, 0.05) is 17.5 Å². The lowest BCUT2D eigenvalue weighted by Crippen LogP contribution is -2.14. The molecule has 0 unspecified atom stereocenters. The van der Waals surface area contributed by atoms with Gasteiger partial charge in [0.2, 0.25) is 5.91 Å². The van der Waals surface area contributed by atoms with Crippen molar-refractivity contribution >= 4 is 39.5 Å². The van der Waals surface area contributed by atoms with Gasteiger partial charge in [0.1, 0.15) is 4.38 Å². The summed E-state index contributed by atoms with van der Waals surface area (Å²) in [6, 6.07) is 5.29. The summed E-state index contributed by atoms with van der Waals surface area (Å²) >= 11 is 3.17. The van der Waals surface area contributed by atoms with Gasteiger partial charge in [-0.3, -0.25) is 9.79 Å². The van der Waals surface area contributed by atoms with Gasteiger partial charge >= 0.3 is 0 Å². The van der Waals surface area contributed by atoms with Crippen molar-refractivity contribution in [2.45, 2.75) is 0 Å². The van der Waals surface area contributed by atoms with Gasteiger partial charge in [-0.05, 0) is 12.1 Å². The highest BCUT2D eigenvalue weighted by molar-refractivity contribution is 8.39. The molecule has 1 aromatic rings. The third-order valence-corrected chi connectivity index (χ3v) is 4.80. The number of carbonyl (C=O) groups is 1. The van der Waals surface area contributed by atoms with Crippen molar-refractivity contribution in [2.75, 3.05) is 37.6 Å². The fraction of sp³-hybridized carbons (Fsp3) is 0.385. The van der Waals surface area contributed by atoms with Crippen molar-refractivity contribution < 1.29 is 14.3 Å². The van der Waals surface area contributed by atoms with E-state index in [9.17, 15) is 4.79 Å². The molecule has 20 heavy (non-hydrogen) atoms. The number of rotatable bonds is 5.